The van der Waals surface area contributed by atoms with E-state index < -0.39 is 0 Å². The molecule has 1 unspecified atom stereocenters. The molecule has 0 saturated carbocycles. The fourth-order valence-corrected chi connectivity index (χ4v) is 2.40. The van der Waals surface area contributed by atoms with Crippen LogP contribution in [0.5, 0.6) is 0 Å². The molecule has 0 aromatic heterocycles. The quantitative estimate of drug-likeness (QED) is 0.600. The minimum Gasteiger partial charge on any atom is -0.122 e. The van der Waals surface area contributed by atoms with Crippen LogP contribution >= 0.6 is 34.8 Å². The lowest BCUT2D eigenvalue weighted by molar-refractivity contribution is 0.369. The molecule has 3 heteroatoms. The Balaban J connectivity index is 2.52. The van der Waals surface area contributed by atoms with Gasteiger partial charge in [-0.15, -0.1) is 11.6 Å². The second kappa shape index (κ2) is 6.31. The molecular weight excluding hydrogens is 275 g/mol. The second-order valence-corrected chi connectivity index (χ2v) is 6.77. The smallest absolute Gasteiger partial charge is 0.0452 e. The molecule has 0 saturated heterocycles. The van der Waals surface area contributed by atoms with Gasteiger partial charge in [0.05, 0.1) is 0 Å². The van der Waals surface area contributed by atoms with E-state index in [4.69, 9.17) is 34.8 Å². The molecule has 0 fully saturated rings. The number of hydrogen-bond acceptors (Lipinski definition) is 0. The summed E-state index contributed by atoms with van der Waals surface area (Å²) >= 11 is 18.6. The number of halogens is 3. The largest absolute Gasteiger partial charge is 0.122 e. The summed E-state index contributed by atoms with van der Waals surface area (Å²) in [5.74, 6) is 0. The highest BCUT2D eigenvalue weighted by Gasteiger charge is 2.21. The molecule has 0 nitrogen and oxygen atoms in total. The molecule has 0 aliphatic rings. The number of rotatable bonds is 4. The van der Waals surface area contributed by atoms with E-state index in [0.717, 1.165) is 34.9 Å². The third-order valence-corrected chi connectivity index (χ3v) is 4.47. The maximum absolute atomic E-state index is 6.34. The van der Waals surface area contributed by atoms with Crippen molar-refractivity contribution in [1.82, 2.24) is 0 Å². The molecule has 0 aliphatic heterocycles. The molecule has 0 bridgehead atoms. The Morgan fingerprint density at radius 2 is 1.65 bits per heavy atom. The van der Waals surface area contributed by atoms with Crippen LogP contribution in [0.4, 0.5) is 0 Å². The van der Waals surface area contributed by atoms with Gasteiger partial charge in [-0.2, -0.15) is 0 Å². The van der Waals surface area contributed by atoms with Crippen molar-refractivity contribution in [2.75, 3.05) is 0 Å². The van der Waals surface area contributed by atoms with Crippen LogP contribution in [0.25, 0.3) is 0 Å². The van der Waals surface area contributed by atoms with Crippen molar-refractivity contribution >= 4 is 34.8 Å². The molecule has 0 radical (unpaired) electrons. The van der Waals surface area contributed by atoms with Crippen LogP contribution < -0.4 is 0 Å². The van der Waals surface area contributed by atoms with E-state index >= 15 is 0 Å². The number of hydrogen-bond donors (Lipinski definition) is 0. The molecule has 1 atom stereocenters. The van der Waals surface area contributed by atoms with E-state index in [1.807, 2.05) is 18.2 Å². The van der Waals surface area contributed by atoms with Gasteiger partial charge in [-0.3, -0.25) is 0 Å². The van der Waals surface area contributed by atoms with Crippen LogP contribution in [-0.4, -0.2) is 5.38 Å². The second-order valence-electron chi connectivity index (χ2n) is 5.43. The van der Waals surface area contributed by atoms with Crippen molar-refractivity contribution in [3.63, 3.8) is 0 Å². The Morgan fingerprint density at radius 3 is 2.12 bits per heavy atom. The van der Waals surface area contributed by atoms with Gasteiger partial charge in [-0.1, -0.05) is 50.0 Å². The Bertz CT molecular complexity index is 346. The molecule has 96 valence electrons. The molecule has 1 aromatic carbocycles. The molecule has 1 aromatic rings. The summed E-state index contributed by atoms with van der Waals surface area (Å²) in [6.45, 7) is 6.48. The first-order valence-corrected chi connectivity index (χ1v) is 7.08. The van der Waals surface area contributed by atoms with Crippen LogP contribution in [-0.2, 0) is 6.42 Å². The zero-order valence-electron chi connectivity index (χ0n) is 10.6. The standard InChI is InChI=1S/C14H19Cl3/c1-14(2,3)13(17)9-4-6-10-11(15)7-5-8-12(10)16/h5,7-8,13H,4,6,9H2,1-3H3. The number of alkyl halides is 1. The monoisotopic (exact) mass is 292 g/mol. The van der Waals surface area contributed by atoms with Crippen LogP contribution in [0.2, 0.25) is 10.0 Å². The molecule has 0 aliphatic carbocycles. The van der Waals surface area contributed by atoms with Crippen molar-refractivity contribution in [3.8, 4) is 0 Å². The van der Waals surface area contributed by atoms with Crippen molar-refractivity contribution in [2.24, 2.45) is 5.41 Å². The first-order chi connectivity index (χ1) is 7.82. The van der Waals surface area contributed by atoms with E-state index in [-0.39, 0.29) is 10.8 Å². The lowest BCUT2D eigenvalue weighted by Gasteiger charge is -2.25. The topological polar surface area (TPSA) is 0 Å². The fraction of sp³-hybridized carbons (Fsp3) is 0.571. The van der Waals surface area contributed by atoms with Gasteiger partial charge in [-0.05, 0) is 42.4 Å². The normalized spacial score (nSPS) is 13.8. The van der Waals surface area contributed by atoms with Gasteiger partial charge in [0, 0.05) is 15.4 Å². The van der Waals surface area contributed by atoms with Gasteiger partial charge in [0.25, 0.3) is 0 Å². The van der Waals surface area contributed by atoms with Crippen molar-refractivity contribution in [3.05, 3.63) is 33.8 Å². The predicted octanol–water partition coefficient (Wildman–Crippen LogP) is 5.97. The SMILES string of the molecule is CC(C)(C)C(Cl)CCCc1c(Cl)cccc1Cl. The third kappa shape index (κ3) is 4.69. The lowest BCUT2D eigenvalue weighted by Crippen LogP contribution is -2.20. The Kier molecular flexibility index (Phi) is 5.63. The van der Waals surface area contributed by atoms with Gasteiger partial charge in [-0.25, -0.2) is 0 Å². The summed E-state index contributed by atoms with van der Waals surface area (Å²) in [6, 6.07) is 5.63. The van der Waals surface area contributed by atoms with Gasteiger partial charge < -0.3 is 0 Å². The highest BCUT2D eigenvalue weighted by molar-refractivity contribution is 6.35. The molecular formula is C14H19Cl3. The maximum Gasteiger partial charge on any atom is 0.0452 e. The summed E-state index contributed by atoms with van der Waals surface area (Å²) in [7, 11) is 0. The van der Waals surface area contributed by atoms with Crippen LogP contribution in [0.3, 0.4) is 0 Å². The van der Waals surface area contributed by atoms with Crippen molar-refractivity contribution in [1.29, 1.82) is 0 Å². The molecule has 1 rings (SSSR count). The van der Waals surface area contributed by atoms with Gasteiger partial charge in [0.15, 0.2) is 0 Å². The Morgan fingerprint density at radius 1 is 1.12 bits per heavy atom. The summed E-state index contributed by atoms with van der Waals surface area (Å²) in [4.78, 5) is 0. The minimum atomic E-state index is 0.145. The third-order valence-electron chi connectivity index (χ3n) is 2.89. The van der Waals surface area contributed by atoms with E-state index in [9.17, 15) is 0 Å². The highest BCUT2D eigenvalue weighted by Crippen LogP contribution is 2.30. The summed E-state index contributed by atoms with van der Waals surface area (Å²) in [6.07, 6.45) is 2.87. The Hall–Kier alpha value is 0.0900. The summed E-state index contributed by atoms with van der Waals surface area (Å²) in [5, 5.41) is 1.68. The average Bonchev–Trinajstić information content (AvgIpc) is 2.20. The average molecular weight is 294 g/mol. The van der Waals surface area contributed by atoms with Crippen molar-refractivity contribution < 1.29 is 0 Å². The van der Waals surface area contributed by atoms with Gasteiger partial charge >= 0.3 is 0 Å². The van der Waals surface area contributed by atoms with Crippen molar-refractivity contribution in [2.45, 2.75) is 45.4 Å². The number of benzene rings is 1. The van der Waals surface area contributed by atoms with Gasteiger partial charge in [0.2, 0.25) is 0 Å². The van der Waals surface area contributed by atoms with E-state index in [1.54, 1.807) is 0 Å². The zero-order valence-corrected chi connectivity index (χ0v) is 12.8. The van der Waals surface area contributed by atoms with E-state index in [1.165, 1.54) is 0 Å². The fourth-order valence-electron chi connectivity index (χ4n) is 1.66. The van der Waals surface area contributed by atoms with Crippen LogP contribution in [0.1, 0.15) is 39.2 Å². The highest BCUT2D eigenvalue weighted by atomic mass is 35.5. The molecule has 0 N–H and O–H groups in total. The molecule has 0 spiro atoms. The van der Waals surface area contributed by atoms with E-state index in [2.05, 4.69) is 20.8 Å². The van der Waals surface area contributed by atoms with E-state index in [0.29, 0.717) is 0 Å². The van der Waals surface area contributed by atoms with Crippen LogP contribution in [0.15, 0.2) is 18.2 Å². The summed E-state index contributed by atoms with van der Waals surface area (Å²) < 4.78 is 0. The zero-order chi connectivity index (χ0) is 13.1. The minimum absolute atomic E-state index is 0.145. The summed E-state index contributed by atoms with van der Waals surface area (Å²) in [5.41, 5.74) is 1.18. The molecule has 0 heterocycles. The van der Waals surface area contributed by atoms with Gasteiger partial charge in [0.1, 0.15) is 0 Å². The first kappa shape index (κ1) is 15.1. The van der Waals surface area contributed by atoms with Crippen LogP contribution in [0, 0.1) is 5.41 Å². The lowest BCUT2D eigenvalue weighted by atomic mass is 9.88. The molecule has 0 amide bonds. The maximum atomic E-state index is 6.34. The Labute approximate surface area is 119 Å². The molecule has 17 heavy (non-hydrogen) atoms. The first-order valence-electron chi connectivity index (χ1n) is 5.89. The predicted molar refractivity (Wildman–Crippen MR) is 78.5 cm³/mol.